The molecule has 0 bridgehead atoms. The number of halogens is 20. The quantitative estimate of drug-likeness (QED) is 0.0425. The second kappa shape index (κ2) is 20.1. The number of rotatable bonds is 14. The van der Waals surface area contributed by atoms with Gasteiger partial charge in [-0.2, -0.15) is 11.1 Å². The minimum atomic E-state index is -7.12. The van der Waals surface area contributed by atoms with Crippen molar-refractivity contribution in [1.82, 2.24) is 0 Å². The van der Waals surface area contributed by atoms with E-state index in [4.69, 9.17) is 11.1 Å². The molecule has 0 saturated carbocycles. The second-order valence-electron chi connectivity index (χ2n) is 14.4. The molecule has 0 unspecified atom stereocenters. The van der Waals surface area contributed by atoms with Crippen molar-refractivity contribution in [3.05, 3.63) is 111 Å². The highest BCUT2D eigenvalue weighted by Gasteiger charge is 2.52. The highest BCUT2D eigenvalue weighted by molar-refractivity contribution is 7.26. The van der Waals surface area contributed by atoms with Gasteiger partial charge in [-0.15, -0.1) is 21.9 Å². The van der Waals surface area contributed by atoms with Gasteiger partial charge in [-0.1, -0.05) is 53.1 Å². The maximum atomic E-state index is 16.1. The van der Waals surface area contributed by atoms with Crippen LogP contribution in [0, 0.1) is 111 Å². The monoisotopic (exact) mass is 939 g/mol. The van der Waals surface area contributed by atoms with Crippen LogP contribution in [-0.4, -0.2) is 33.2 Å². The molecular weight excluding hydrogens is 906 g/mol. The Kier molecular flexibility index (Phi) is 16.9. The van der Waals surface area contributed by atoms with Crippen LogP contribution < -0.4 is 31.9 Å². The maximum Gasteiger partial charge on any atom is 0.200 e. The minimum Gasteiger partial charge on any atom is -0.335 e. The zero-order chi connectivity index (χ0) is 46.8. The molecule has 0 atom stereocenters. The molecule has 4 aromatic carbocycles. The fourth-order valence-corrected chi connectivity index (χ4v) is 8.84. The minimum absolute atomic E-state index is 0.700. The lowest BCUT2D eigenvalue weighted by Crippen LogP contribution is -3.12. The first-order chi connectivity index (χ1) is 28.3. The number of hydrogen-bond donors (Lipinski definition) is 1. The highest BCUT2D eigenvalue weighted by Crippen LogP contribution is 2.30. The maximum absolute atomic E-state index is 16.1. The summed E-state index contributed by atoms with van der Waals surface area (Å²) in [4.78, 5) is 1.84. The van der Waals surface area contributed by atoms with Gasteiger partial charge in [0.1, 0.15) is 52.7 Å². The van der Waals surface area contributed by atoms with E-state index in [0.29, 0.717) is 13.1 Å². The molecule has 23 heteroatoms. The Morgan fingerprint density at radius 2 is 0.525 bits per heavy atom. The van der Waals surface area contributed by atoms with E-state index in [9.17, 15) is 39.5 Å². The number of quaternary nitrogens is 1. The summed E-state index contributed by atoms with van der Waals surface area (Å²) < 4.78 is 287. The smallest absolute Gasteiger partial charge is 0.200 e. The largest absolute Gasteiger partial charge is 0.335 e. The van der Waals surface area contributed by atoms with Gasteiger partial charge >= 0.3 is 0 Å². The van der Waals surface area contributed by atoms with Crippen LogP contribution in [0.4, 0.5) is 83.4 Å². The lowest BCUT2D eigenvalue weighted by Gasteiger charge is -2.45. The first kappa shape index (κ1) is 51.4. The molecule has 1 nitrogen and oxygen atoms in total. The molecule has 0 fully saturated rings. The predicted molar refractivity (Wildman–Crippen MR) is 193 cm³/mol. The van der Waals surface area contributed by atoms with Crippen molar-refractivity contribution in [3.63, 3.8) is 0 Å². The van der Waals surface area contributed by atoms with Crippen molar-refractivity contribution in [2.75, 3.05) is 19.6 Å². The first-order valence-electron chi connectivity index (χ1n) is 18.4. The van der Waals surface area contributed by atoms with Crippen LogP contribution in [0.15, 0.2) is 0 Å². The SMILES string of the molecule is CCCC[NH+](CCCC)CCCC.C[Si](C)(Cl)c1c(F)c(F)c([B-](c2c(F)c(F)c(F)c(F)c2F)(c2c(F)c(F)c(F)c(F)c2F)c2c(F)c(F)c(F)c(F)c2F)c(F)c1F. The normalized spacial score (nSPS) is 12.1. The summed E-state index contributed by atoms with van der Waals surface area (Å²) in [7, 11) is -4.35. The standard InChI is InChI=1S/C26H6BClF19Si.C12H27N/c1-48(2,28)26-24(46)13(35)6(14(36)25(26)47)27(3-7(29)15(37)21(43)16(38)8(3)30,4-9(31)17(39)22(44)18(40)10(4)32)5-11(33)19(41)23(45)20(42)12(5)34;1-4-7-10-13(11-8-5-2)12-9-6-3/h1-2H3;4-12H2,1-3H3/q-1;/p+1. The third kappa shape index (κ3) is 9.12. The summed E-state index contributed by atoms with van der Waals surface area (Å²) >= 11 is 5.81. The molecule has 0 aliphatic carbocycles. The summed E-state index contributed by atoms with van der Waals surface area (Å²) in [6.07, 6.45) is 1.15. The van der Waals surface area contributed by atoms with Crippen molar-refractivity contribution < 1.29 is 88.3 Å². The third-order valence-electron chi connectivity index (χ3n) is 10.0. The van der Waals surface area contributed by atoms with Crippen LogP contribution in [0.2, 0.25) is 13.1 Å². The van der Waals surface area contributed by atoms with Crippen LogP contribution in [-0.2, 0) is 0 Å². The van der Waals surface area contributed by atoms with Crippen LogP contribution in [0.5, 0.6) is 0 Å². The molecule has 0 aliphatic heterocycles. The van der Waals surface area contributed by atoms with Gasteiger partial charge in [0.05, 0.1) is 19.6 Å². The van der Waals surface area contributed by atoms with Crippen LogP contribution >= 0.6 is 11.1 Å². The van der Waals surface area contributed by atoms with Gasteiger partial charge in [0, 0.05) is 5.19 Å². The Morgan fingerprint density at radius 1 is 0.344 bits per heavy atom. The Balaban J connectivity index is 0.000000657. The highest BCUT2D eigenvalue weighted by atomic mass is 35.6. The van der Waals surface area contributed by atoms with Crippen molar-refractivity contribution in [2.45, 2.75) is 72.4 Å². The van der Waals surface area contributed by atoms with E-state index < -0.39 is 151 Å². The summed E-state index contributed by atoms with van der Waals surface area (Å²) in [6, 6.07) is 0. The van der Waals surface area contributed by atoms with Crippen molar-refractivity contribution in [1.29, 1.82) is 0 Å². The van der Waals surface area contributed by atoms with Gasteiger partial charge < -0.3 is 4.90 Å². The fraction of sp³-hybridized carbons (Fsp3) is 0.368. The van der Waals surface area contributed by atoms with Crippen LogP contribution in [0.3, 0.4) is 0 Å². The average molecular weight is 940 g/mol. The summed E-state index contributed by atoms with van der Waals surface area (Å²) in [5, 5.41) is -1.86. The molecule has 338 valence electrons. The van der Waals surface area contributed by atoms with E-state index in [2.05, 4.69) is 20.8 Å². The molecule has 0 radical (unpaired) electrons. The van der Waals surface area contributed by atoms with Crippen molar-refractivity contribution >= 4 is 51.6 Å². The Bertz CT molecular complexity index is 2000. The van der Waals surface area contributed by atoms with Gasteiger partial charge in [-0.05, 0) is 19.3 Å². The Morgan fingerprint density at radius 3 is 0.705 bits per heavy atom. The van der Waals surface area contributed by atoms with E-state index in [-0.39, 0.29) is 0 Å². The van der Waals surface area contributed by atoms with E-state index in [1.54, 1.807) is 0 Å². The summed E-state index contributed by atoms with van der Waals surface area (Å²) in [5.41, 5.74) is -13.8. The third-order valence-corrected chi connectivity index (χ3v) is 12.2. The zero-order valence-corrected chi connectivity index (χ0v) is 34.3. The molecule has 4 aromatic rings. The summed E-state index contributed by atoms with van der Waals surface area (Å²) in [5.74, 6) is -65.2. The number of unbranched alkanes of at least 4 members (excludes halogenated alkanes) is 3. The predicted octanol–water partition coefficient (Wildman–Crippen LogP) is 8.63. The molecule has 0 heterocycles. The lowest BCUT2D eigenvalue weighted by atomic mass is 9.12. The van der Waals surface area contributed by atoms with Crippen LogP contribution in [0.25, 0.3) is 0 Å². The average Bonchev–Trinajstić information content (AvgIpc) is 3.21. The van der Waals surface area contributed by atoms with Crippen LogP contribution in [0.1, 0.15) is 59.3 Å². The topological polar surface area (TPSA) is 4.44 Å². The number of nitrogens with one attached hydrogen (secondary N) is 1. The number of hydrogen-bond acceptors (Lipinski definition) is 0. The van der Waals surface area contributed by atoms with Gasteiger partial charge in [0.15, 0.2) is 71.4 Å². The van der Waals surface area contributed by atoms with Gasteiger partial charge in [0.2, 0.25) is 0 Å². The molecular formula is C38H34BClF19NSi. The molecule has 4 rings (SSSR count). The molecule has 0 saturated heterocycles. The molecule has 1 N–H and O–H groups in total. The molecule has 0 aromatic heterocycles. The molecule has 0 aliphatic rings. The van der Waals surface area contributed by atoms with Crippen molar-refractivity contribution in [2.24, 2.45) is 0 Å². The van der Waals surface area contributed by atoms with Crippen molar-refractivity contribution in [3.8, 4) is 0 Å². The Hall–Kier alpha value is -3.92. The van der Waals surface area contributed by atoms with Gasteiger partial charge in [-0.3, -0.25) is 0 Å². The zero-order valence-electron chi connectivity index (χ0n) is 32.5. The molecule has 61 heavy (non-hydrogen) atoms. The van der Waals surface area contributed by atoms with Gasteiger partial charge in [-0.25, -0.2) is 83.4 Å². The second-order valence-corrected chi connectivity index (χ2v) is 20.7. The lowest BCUT2D eigenvalue weighted by molar-refractivity contribution is -0.900. The molecule has 0 spiro atoms. The van der Waals surface area contributed by atoms with E-state index in [0.717, 1.165) is 0 Å². The van der Waals surface area contributed by atoms with Gasteiger partial charge in [0.25, 0.3) is 0 Å². The first-order valence-corrected chi connectivity index (χ1v) is 22.4. The fourth-order valence-electron chi connectivity index (χ4n) is 7.08. The summed E-state index contributed by atoms with van der Waals surface area (Å²) in [6.45, 7) is 12.5. The van der Waals surface area contributed by atoms with E-state index in [1.807, 2.05) is 4.90 Å². The van der Waals surface area contributed by atoms with E-state index >= 15 is 43.9 Å². The Labute approximate surface area is 342 Å². The number of benzene rings is 4. The molecule has 0 amide bonds. The van der Waals surface area contributed by atoms with E-state index in [1.165, 1.54) is 58.2 Å².